The average molecular weight is 450 g/mol. The molecule has 0 saturated heterocycles. The summed E-state index contributed by atoms with van der Waals surface area (Å²) in [6.07, 6.45) is 2.21. The number of hydrogen-bond donors (Lipinski definition) is 2. The fourth-order valence-corrected chi connectivity index (χ4v) is 2.73. The largest absolute Gasteiger partial charge is 0.393 e. The van der Waals surface area contributed by atoms with E-state index in [1.54, 1.807) is 6.92 Å². The van der Waals surface area contributed by atoms with Crippen LogP contribution in [0.25, 0.3) is 5.65 Å². The first-order chi connectivity index (χ1) is 14.6. The van der Waals surface area contributed by atoms with Crippen LogP contribution in [-0.4, -0.2) is 37.5 Å². The molecular weight excluding hydrogens is 420 g/mol. The number of benzene rings is 1. The molecule has 3 aromatic rings. The van der Waals surface area contributed by atoms with Crippen LogP contribution < -0.4 is 0 Å². The topological polar surface area (TPSA) is 70.7 Å². The molecule has 0 fully saturated rings. The molecule has 2 heterocycles. The number of aliphatic hydroxyl groups is 2. The van der Waals surface area contributed by atoms with Crippen LogP contribution >= 0.6 is 11.8 Å². The van der Waals surface area contributed by atoms with E-state index in [0.717, 1.165) is 28.9 Å². The fourth-order valence-electron chi connectivity index (χ4n) is 1.89. The summed E-state index contributed by atoms with van der Waals surface area (Å²) in [6.45, 7) is 14.5. The normalized spacial score (nSPS) is 11.1. The maximum Gasteiger partial charge on any atom is 0.160 e. The van der Waals surface area contributed by atoms with Gasteiger partial charge in [0.1, 0.15) is 17.5 Å². The summed E-state index contributed by atoms with van der Waals surface area (Å²) in [5, 5.41) is 24.7. The highest BCUT2D eigenvalue weighted by Crippen LogP contribution is 2.30. The molecule has 1 atom stereocenters. The Morgan fingerprint density at radius 2 is 1.81 bits per heavy atom. The highest BCUT2D eigenvalue weighted by molar-refractivity contribution is 7.99. The minimum Gasteiger partial charge on any atom is -0.393 e. The van der Waals surface area contributed by atoms with E-state index >= 15 is 0 Å². The molecule has 2 aromatic heterocycles. The number of aliphatic hydroxyl groups excluding tert-OH is 2. The third kappa shape index (κ3) is 9.00. The molecule has 5 nitrogen and oxygen atoms in total. The maximum atomic E-state index is 13.6. The Kier molecular flexibility index (Phi) is 11.1. The number of allylic oxidation sites excluding steroid dienone is 1. The SMILES string of the molecule is C=C(C)C(O)CO.C=C(C)CC.Cc1nnc2ccc(Sc3ccc(F)cc3F)cn12. The third-order valence-corrected chi connectivity index (χ3v) is 5.04. The van der Waals surface area contributed by atoms with Crippen LogP contribution in [0.2, 0.25) is 0 Å². The van der Waals surface area contributed by atoms with Crippen molar-refractivity contribution in [2.75, 3.05) is 6.61 Å². The Bertz CT molecular complexity index is 1020. The summed E-state index contributed by atoms with van der Waals surface area (Å²) in [4.78, 5) is 1.22. The Balaban J connectivity index is 0.000000334. The molecule has 0 bridgehead atoms. The number of aromatic nitrogens is 3. The summed E-state index contributed by atoms with van der Waals surface area (Å²) in [7, 11) is 0. The molecule has 1 aromatic carbocycles. The zero-order chi connectivity index (χ0) is 23.6. The molecule has 0 aliphatic rings. The van der Waals surface area contributed by atoms with Crippen molar-refractivity contribution in [3.05, 3.63) is 78.3 Å². The summed E-state index contributed by atoms with van der Waals surface area (Å²) in [5.74, 6) is -0.380. The van der Waals surface area contributed by atoms with Crippen molar-refractivity contribution in [2.45, 2.75) is 50.0 Å². The molecule has 0 radical (unpaired) electrons. The van der Waals surface area contributed by atoms with Crippen LogP contribution in [0.15, 0.2) is 70.6 Å². The average Bonchev–Trinajstić information content (AvgIpc) is 3.10. The summed E-state index contributed by atoms with van der Waals surface area (Å²) in [6, 6.07) is 7.19. The van der Waals surface area contributed by atoms with Crippen LogP contribution in [0.4, 0.5) is 8.78 Å². The second kappa shape index (κ2) is 13.0. The van der Waals surface area contributed by atoms with Crippen molar-refractivity contribution in [3.8, 4) is 0 Å². The lowest BCUT2D eigenvalue weighted by Crippen LogP contribution is -2.11. The van der Waals surface area contributed by atoms with E-state index in [2.05, 4.69) is 30.3 Å². The third-order valence-electron chi connectivity index (χ3n) is 4.01. The Morgan fingerprint density at radius 1 is 1.16 bits per heavy atom. The second-order valence-electron chi connectivity index (χ2n) is 6.87. The smallest absolute Gasteiger partial charge is 0.160 e. The van der Waals surface area contributed by atoms with Gasteiger partial charge in [-0.05, 0) is 57.0 Å². The molecule has 2 N–H and O–H groups in total. The quantitative estimate of drug-likeness (QED) is 0.514. The van der Waals surface area contributed by atoms with Crippen molar-refractivity contribution >= 4 is 17.4 Å². The molecule has 0 amide bonds. The number of fused-ring (bicyclic) bond motifs is 1. The van der Waals surface area contributed by atoms with Crippen molar-refractivity contribution in [3.63, 3.8) is 0 Å². The van der Waals surface area contributed by atoms with Crippen molar-refractivity contribution in [1.82, 2.24) is 14.6 Å². The van der Waals surface area contributed by atoms with Crippen LogP contribution in [0.3, 0.4) is 0 Å². The summed E-state index contributed by atoms with van der Waals surface area (Å²) >= 11 is 1.23. The lowest BCUT2D eigenvalue weighted by atomic mass is 10.2. The molecular formula is C23H29F2N3O2S. The van der Waals surface area contributed by atoms with Crippen LogP contribution in [-0.2, 0) is 0 Å². The van der Waals surface area contributed by atoms with E-state index in [9.17, 15) is 8.78 Å². The number of halogens is 2. The van der Waals surface area contributed by atoms with Gasteiger partial charge < -0.3 is 10.2 Å². The van der Waals surface area contributed by atoms with E-state index in [4.69, 9.17) is 10.2 Å². The predicted octanol–water partition coefficient (Wildman–Crippen LogP) is 5.36. The van der Waals surface area contributed by atoms with Crippen molar-refractivity contribution in [1.29, 1.82) is 0 Å². The van der Waals surface area contributed by atoms with Gasteiger partial charge in [0.2, 0.25) is 0 Å². The first kappa shape index (κ1) is 26.5. The van der Waals surface area contributed by atoms with Crippen molar-refractivity contribution in [2.24, 2.45) is 0 Å². The van der Waals surface area contributed by atoms with Gasteiger partial charge in [-0.2, -0.15) is 0 Å². The zero-order valence-corrected chi connectivity index (χ0v) is 19.1. The molecule has 3 rings (SSSR count). The van der Waals surface area contributed by atoms with E-state index in [1.165, 1.54) is 29.5 Å². The summed E-state index contributed by atoms with van der Waals surface area (Å²) < 4.78 is 28.2. The second-order valence-corrected chi connectivity index (χ2v) is 7.99. The predicted molar refractivity (Wildman–Crippen MR) is 121 cm³/mol. The van der Waals surface area contributed by atoms with Gasteiger partial charge in [0.25, 0.3) is 0 Å². The van der Waals surface area contributed by atoms with Gasteiger partial charge in [-0.25, -0.2) is 8.78 Å². The Hall–Kier alpha value is -2.55. The Morgan fingerprint density at radius 3 is 2.29 bits per heavy atom. The van der Waals surface area contributed by atoms with Gasteiger partial charge in [0.05, 0.1) is 12.7 Å². The summed E-state index contributed by atoms with van der Waals surface area (Å²) in [5.41, 5.74) is 2.59. The molecule has 0 aliphatic carbocycles. The van der Waals surface area contributed by atoms with Gasteiger partial charge in [-0.3, -0.25) is 4.40 Å². The molecule has 0 spiro atoms. The number of pyridine rings is 1. The van der Waals surface area contributed by atoms with Crippen molar-refractivity contribution < 1.29 is 19.0 Å². The number of hydrogen-bond acceptors (Lipinski definition) is 5. The van der Waals surface area contributed by atoms with E-state index < -0.39 is 17.7 Å². The zero-order valence-electron chi connectivity index (χ0n) is 18.3. The molecule has 0 aliphatic heterocycles. The standard InChI is InChI=1S/C13H9F2N3S.C5H10O2.C5H10/c1-8-16-17-13-5-3-10(7-18(8)13)19-12-4-2-9(14)6-11(12)15;1-4(2)5(7)3-6;1-4-5(2)3/h2-7H,1H3;5-7H,1,3H2,2H3;2,4H2,1,3H3. The van der Waals surface area contributed by atoms with Gasteiger partial charge in [-0.15, -0.1) is 16.8 Å². The van der Waals surface area contributed by atoms with E-state index in [1.807, 2.05) is 36.6 Å². The van der Waals surface area contributed by atoms with E-state index in [-0.39, 0.29) is 6.61 Å². The Labute approximate surface area is 186 Å². The fraction of sp³-hybridized carbons (Fsp3) is 0.304. The van der Waals surface area contributed by atoms with Crippen LogP contribution in [0.1, 0.15) is 33.0 Å². The van der Waals surface area contributed by atoms with Gasteiger partial charge in [-0.1, -0.05) is 30.8 Å². The van der Waals surface area contributed by atoms with Crippen LogP contribution in [0, 0.1) is 18.6 Å². The first-order valence-corrected chi connectivity index (χ1v) is 10.4. The molecule has 168 valence electrons. The number of nitrogens with zero attached hydrogens (tertiary/aromatic N) is 3. The maximum absolute atomic E-state index is 13.6. The molecule has 0 saturated carbocycles. The van der Waals surface area contributed by atoms with Crippen LogP contribution in [0.5, 0.6) is 0 Å². The monoisotopic (exact) mass is 449 g/mol. The first-order valence-electron chi connectivity index (χ1n) is 9.62. The number of aryl methyl sites for hydroxylation is 1. The molecule has 1 unspecified atom stereocenters. The molecule has 31 heavy (non-hydrogen) atoms. The lowest BCUT2D eigenvalue weighted by Gasteiger charge is -2.04. The number of rotatable bonds is 5. The van der Waals surface area contributed by atoms with Gasteiger partial charge in [0, 0.05) is 22.1 Å². The molecule has 8 heteroatoms. The van der Waals surface area contributed by atoms with Gasteiger partial charge >= 0.3 is 0 Å². The minimum atomic E-state index is -0.736. The minimum absolute atomic E-state index is 0.227. The van der Waals surface area contributed by atoms with Gasteiger partial charge in [0.15, 0.2) is 5.65 Å². The highest BCUT2D eigenvalue weighted by Gasteiger charge is 2.07. The lowest BCUT2D eigenvalue weighted by molar-refractivity contribution is 0.123. The highest BCUT2D eigenvalue weighted by atomic mass is 32.2. The van der Waals surface area contributed by atoms with E-state index in [0.29, 0.717) is 10.5 Å².